The lowest BCUT2D eigenvalue weighted by atomic mass is 10.2. The highest BCUT2D eigenvalue weighted by molar-refractivity contribution is 7.16. The molecule has 134 valence electrons. The third-order valence-corrected chi connectivity index (χ3v) is 5.25. The maximum atomic E-state index is 13.9. The van der Waals surface area contributed by atoms with E-state index in [1.807, 2.05) is 44.3 Å². The molecule has 1 unspecified atom stereocenters. The highest BCUT2D eigenvalue weighted by Gasteiger charge is 2.16. The van der Waals surface area contributed by atoms with Gasteiger partial charge in [-0.05, 0) is 31.2 Å². The minimum Gasteiger partial charge on any atom is -0.370 e. The summed E-state index contributed by atoms with van der Waals surface area (Å²) < 4.78 is 13.9. The summed E-state index contributed by atoms with van der Waals surface area (Å²) in [6, 6.07) is 16.6. The first-order chi connectivity index (χ1) is 12.6. The van der Waals surface area contributed by atoms with Gasteiger partial charge in [-0.2, -0.15) is 0 Å². The van der Waals surface area contributed by atoms with Crippen molar-refractivity contribution in [2.24, 2.45) is 0 Å². The number of para-hydroxylation sites is 1. The smallest absolute Gasteiger partial charge is 0.263 e. The number of carbonyl (C=O) groups is 1. The van der Waals surface area contributed by atoms with Gasteiger partial charge in [0.05, 0.1) is 6.20 Å². The van der Waals surface area contributed by atoms with Gasteiger partial charge in [0.2, 0.25) is 0 Å². The maximum absolute atomic E-state index is 13.9. The molecule has 1 heterocycles. The predicted octanol–water partition coefficient (Wildman–Crippen LogP) is 4.20. The minimum absolute atomic E-state index is 0.125. The van der Waals surface area contributed by atoms with Crippen molar-refractivity contribution in [1.29, 1.82) is 0 Å². The second-order valence-electron chi connectivity index (χ2n) is 6.02. The van der Waals surface area contributed by atoms with E-state index in [1.165, 1.54) is 23.6 Å². The average Bonchev–Trinajstić information content (AvgIpc) is 3.16. The number of rotatable bonds is 6. The molecule has 0 fully saturated rings. The fraction of sp³-hybridized carbons (Fsp3) is 0.200. The lowest BCUT2D eigenvalue weighted by molar-refractivity contribution is 0.0955. The van der Waals surface area contributed by atoms with Crippen LogP contribution in [0, 0.1) is 5.82 Å². The van der Waals surface area contributed by atoms with Crippen LogP contribution in [0.2, 0.25) is 0 Å². The van der Waals surface area contributed by atoms with Crippen molar-refractivity contribution in [2.45, 2.75) is 13.0 Å². The van der Waals surface area contributed by atoms with Crippen molar-refractivity contribution in [3.05, 3.63) is 71.5 Å². The second-order valence-corrected chi connectivity index (χ2v) is 7.05. The number of benzene rings is 2. The van der Waals surface area contributed by atoms with Crippen LogP contribution >= 0.6 is 11.3 Å². The molecule has 0 radical (unpaired) electrons. The van der Waals surface area contributed by atoms with E-state index in [2.05, 4.69) is 15.2 Å². The number of aromatic nitrogens is 1. The lowest BCUT2D eigenvalue weighted by Gasteiger charge is -2.27. The van der Waals surface area contributed by atoms with Crippen molar-refractivity contribution in [3.8, 4) is 10.6 Å². The van der Waals surface area contributed by atoms with E-state index in [0.717, 1.165) is 5.69 Å². The van der Waals surface area contributed by atoms with Crippen LogP contribution in [0.3, 0.4) is 0 Å². The van der Waals surface area contributed by atoms with Crippen LogP contribution in [0.25, 0.3) is 10.6 Å². The summed E-state index contributed by atoms with van der Waals surface area (Å²) in [5.74, 6) is -0.537. The highest BCUT2D eigenvalue weighted by Crippen LogP contribution is 2.27. The van der Waals surface area contributed by atoms with Gasteiger partial charge in [-0.3, -0.25) is 4.79 Å². The zero-order valence-electron chi connectivity index (χ0n) is 14.6. The molecule has 1 atom stereocenters. The fourth-order valence-electron chi connectivity index (χ4n) is 2.52. The lowest BCUT2D eigenvalue weighted by Crippen LogP contribution is -2.40. The molecule has 6 heteroatoms. The Morgan fingerprint density at radius 2 is 1.88 bits per heavy atom. The van der Waals surface area contributed by atoms with Crippen LogP contribution in [0.15, 0.2) is 60.8 Å². The van der Waals surface area contributed by atoms with Crippen molar-refractivity contribution in [3.63, 3.8) is 0 Å². The number of nitrogens with zero attached hydrogens (tertiary/aromatic N) is 2. The van der Waals surface area contributed by atoms with Crippen molar-refractivity contribution in [1.82, 2.24) is 10.3 Å². The Kier molecular flexibility index (Phi) is 5.63. The van der Waals surface area contributed by atoms with E-state index in [-0.39, 0.29) is 17.8 Å². The number of thiazole rings is 1. The molecule has 0 aliphatic heterocycles. The molecular weight excluding hydrogens is 349 g/mol. The molecule has 0 bridgehead atoms. The van der Waals surface area contributed by atoms with Crippen LogP contribution in [-0.4, -0.2) is 30.5 Å². The summed E-state index contributed by atoms with van der Waals surface area (Å²) in [6.07, 6.45) is 1.49. The van der Waals surface area contributed by atoms with Crippen LogP contribution < -0.4 is 10.2 Å². The molecule has 4 nitrogen and oxygen atoms in total. The molecule has 0 saturated carbocycles. The molecule has 1 N–H and O–H groups in total. The number of anilines is 1. The summed E-state index contributed by atoms with van der Waals surface area (Å²) in [5.41, 5.74) is 1.50. The topological polar surface area (TPSA) is 45.2 Å². The SMILES string of the molecule is CC(CNC(=O)c1cnc(-c2ccccc2F)s1)N(C)c1ccccc1. The summed E-state index contributed by atoms with van der Waals surface area (Å²) in [7, 11) is 2.00. The average molecular weight is 369 g/mol. The van der Waals surface area contributed by atoms with Crippen LogP contribution in [0.5, 0.6) is 0 Å². The molecular formula is C20H20FN3OS. The zero-order chi connectivity index (χ0) is 18.5. The van der Waals surface area contributed by atoms with Crippen molar-refractivity contribution < 1.29 is 9.18 Å². The molecule has 3 aromatic rings. The van der Waals surface area contributed by atoms with E-state index < -0.39 is 0 Å². The summed E-state index contributed by atoms with van der Waals surface area (Å²) in [6.45, 7) is 2.54. The summed E-state index contributed by atoms with van der Waals surface area (Å²) in [4.78, 5) is 19.1. The van der Waals surface area contributed by atoms with Crippen molar-refractivity contribution in [2.75, 3.05) is 18.5 Å². The number of hydrogen-bond donors (Lipinski definition) is 1. The molecule has 1 aromatic heterocycles. The van der Waals surface area contributed by atoms with Crippen molar-refractivity contribution >= 4 is 22.9 Å². The van der Waals surface area contributed by atoms with Gasteiger partial charge in [-0.15, -0.1) is 11.3 Å². The third-order valence-electron chi connectivity index (χ3n) is 4.22. The number of nitrogens with one attached hydrogen (secondary N) is 1. The Morgan fingerprint density at radius 3 is 2.62 bits per heavy atom. The number of carbonyl (C=O) groups excluding carboxylic acids is 1. The Bertz CT molecular complexity index is 882. The highest BCUT2D eigenvalue weighted by atomic mass is 32.1. The summed E-state index contributed by atoms with van der Waals surface area (Å²) in [5, 5.41) is 3.43. The van der Waals surface area contributed by atoms with Crippen LogP contribution in [0.1, 0.15) is 16.6 Å². The maximum Gasteiger partial charge on any atom is 0.263 e. The zero-order valence-corrected chi connectivity index (χ0v) is 15.5. The minimum atomic E-state index is -0.341. The van der Waals surface area contributed by atoms with Gasteiger partial charge in [0.1, 0.15) is 15.7 Å². The van der Waals surface area contributed by atoms with E-state index in [1.54, 1.807) is 18.2 Å². The monoisotopic (exact) mass is 369 g/mol. The third kappa shape index (κ3) is 4.08. The fourth-order valence-corrected chi connectivity index (χ4v) is 3.38. The quantitative estimate of drug-likeness (QED) is 0.708. The van der Waals surface area contributed by atoms with Gasteiger partial charge in [0.25, 0.3) is 5.91 Å². The first kappa shape index (κ1) is 18.1. The van der Waals surface area contributed by atoms with Gasteiger partial charge in [-0.25, -0.2) is 9.37 Å². The van der Waals surface area contributed by atoms with Crippen LogP contribution in [-0.2, 0) is 0 Å². The number of likely N-dealkylation sites (N-methyl/N-ethyl adjacent to an activating group) is 1. The standard InChI is InChI=1S/C20H20FN3OS/c1-14(24(2)15-8-4-3-5-9-15)12-22-19(25)18-13-23-20(26-18)16-10-6-7-11-17(16)21/h3-11,13-14H,12H2,1-2H3,(H,22,25). The predicted molar refractivity (Wildman–Crippen MR) is 104 cm³/mol. The Hall–Kier alpha value is -2.73. The molecule has 2 aromatic carbocycles. The molecule has 26 heavy (non-hydrogen) atoms. The van der Waals surface area contributed by atoms with Crippen LogP contribution in [0.4, 0.5) is 10.1 Å². The molecule has 0 saturated heterocycles. The van der Waals surface area contributed by atoms with E-state index in [0.29, 0.717) is 22.0 Å². The van der Waals surface area contributed by atoms with E-state index in [4.69, 9.17) is 0 Å². The second kappa shape index (κ2) is 8.10. The molecule has 3 rings (SSSR count). The van der Waals surface area contributed by atoms with Gasteiger partial charge in [-0.1, -0.05) is 30.3 Å². The number of hydrogen-bond acceptors (Lipinski definition) is 4. The van der Waals surface area contributed by atoms with E-state index in [9.17, 15) is 9.18 Å². The molecule has 0 spiro atoms. The Balaban J connectivity index is 1.61. The number of halogens is 1. The molecule has 0 aliphatic rings. The normalized spacial score (nSPS) is 11.8. The van der Waals surface area contributed by atoms with Gasteiger partial charge in [0.15, 0.2) is 0 Å². The number of amides is 1. The Morgan fingerprint density at radius 1 is 1.19 bits per heavy atom. The molecule has 0 aliphatic carbocycles. The first-order valence-corrected chi connectivity index (χ1v) is 9.14. The Labute approximate surface area is 156 Å². The molecule has 1 amide bonds. The summed E-state index contributed by atoms with van der Waals surface area (Å²) >= 11 is 1.19. The van der Waals surface area contributed by atoms with E-state index >= 15 is 0 Å². The first-order valence-electron chi connectivity index (χ1n) is 8.33. The largest absolute Gasteiger partial charge is 0.370 e. The van der Waals surface area contributed by atoms with Gasteiger partial charge >= 0.3 is 0 Å². The van der Waals surface area contributed by atoms with Gasteiger partial charge < -0.3 is 10.2 Å². The van der Waals surface area contributed by atoms with Gasteiger partial charge in [0, 0.05) is 30.9 Å².